The van der Waals surface area contributed by atoms with Gasteiger partial charge in [0.05, 0.1) is 12.9 Å². The van der Waals surface area contributed by atoms with Gasteiger partial charge in [0.25, 0.3) is 5.56 Å². The predicted molar refractivity (Wildman–Crippen MR) is 98.3 cm³/mol. The molecule has 0 radical (unpaired) electrons. The molecule has 8 nitrogen and oxygen atoms in total. The minimum Gasteiger partial charge on any atom is -0.353 e. The Labute approximate surface area is 149 Å². The Morgan fingerprint density at radius 1 is 1.23 bits per heavy atom. The highest BCUT2D eigenvalue weighted by Gasteiger charge is 2.16. The third-order valence-corrected chi connectivity index (χ3v) is 4.72. The minimum absolute atomic E-state index is 0.0758. The number of H-pyrrole nitrogens is 1. The fourth-order valence-electron chi connectivity index (χ4n) is 3.44. The van der Waals surface area contributed by atoms with Crippen molar-refractivity contribution in [2.45, 2.75) is 44.7 Å². The SMILES string of the molecule is O=c1nc(NC2CCCCC2)[nH]c(=O)c2c1ncn2Cc1cccnc1. The first-order valence-corrected chi connectivity index (χ1v) is 8.85. The number of pyridine rings is 1. The van der Waals surface area contributed by atoms with E-state index in [1.807, 2.05) is 12.1 Å². The highest BCUT2D eigenvalue weighted by molar-refractivity contribution is 5.73. The largest absolute Gasteiger partial charge is 0.353 e. The number of anilines is 1. The number of aromatic nitrogens is 5. The van der Waals surface area contributed by atoms with E-state index in [0.29, 0.717) is 6.54 Å². The molecule has 0 atom stereocenters. The molecule has 1 aliphatic rings. The second-order valence-corrected chi connectivity index (χ2v) is 6.63. The third kappa shape index (κ3) is 3.35. The first-order valence-electron chi connectivity index (χ1n) is 8.85. The maximum Gasteiger partial charge on any atom is 0.301 e. The zero-order valence-corrected chi connectivity index (χ0v) is 14.3. The lowest BCUT2D eigenvalue weighted by Gasteiger charge is -2.22. The molecule has 1 aliphatic carbocycles. The van der Waals surface area contributed by atoms with Gasteiger partial charge in [-0.05, 0) is 24.5 Å². The molecule has 0 aliphatic heterocycles. The summed E-state index contributed by atoms with van der Waals surface area (Å²) in [5.74, 6) is 0.220. The van der Waals surface area contributed by atoms with E-state index < -0.39 is 5.56 Å². The fourth-order valence-corrected chi connectivity index (χ4v) is 3.44. The van der Waals surface area contributed by atoms with Crippen LogP contribution in [0.3, 0.4) is 0 Å². The van der Waals surface area contributed by atoms with Gasteiger partial charge in [-0.3, -0.25) is 19.6 Å². The average Bonchev–Trinajstić information content (AvgIpc) is 3.02. The van der Waals surface area contributed by atoms with Crippen molar-refractivity contribution in [1.29, 1.82) is 0 Å². The van der Waals surface area contributed by atoms with Crippen molar-refractivity contribution in [1.82, 2.24) is 24.5 Å². The van der Waals surface area contributed by atoms with Crippen LogP contribution in [0.15, 0.2) is 40.4 Å². The molecule has 3 aromatic rings. The van der Waals surface area contributed by atoms with E-state index in [1.54, 1.807) is 17.0 Å². The van der Waals surface area contributed by atoms with Crippen molar-refractivity contribution in [2.75, 3.05) is 5.32 Å². The van der Waals surface area contributed by atoms with Gasteiger partial charge in [0, 0.05) is 18.4 Å². The second kappa shape index (κ2) is 7.07. The van der Waals surface area contributed by atoms with Crippen molar-refractivity contribution < 1.29 is 0 Å². The summed E-state index contributed by atoms with van der Waals surface area (Å²) in [5, 5.41) is 3.20. The summed E-state index contributed by atoms with van der Waals surface area (Å²) in [7, 11) is 0. The summed E-state index contributed by atoms with van der Waals surface area (Å²) in [6, 6.07) is 3.96. The molecule has 0 unspecified atom stereocenters. The van der Waals surface area contributed by atoms with Crippen molar-refractivity contribution in [3.63, 3.8) is 0 Å². The minimum atomic E-state index is -0.512. The Hall–Kier alpha value is -3.03. The number of aromatic amines is 1. The Morgan fingerprint density at radius 2 is 2.08 bits per heavy atom. The van der Waals surface area contributed by atoms with Crippen molar-refractivity contribution >= 4 is 17.0 Å². The summed E-state index contributed by atoms with van der Waals surface area (Å²) >= 11 is 0. The smallest absolute Gasteiger partial charge is 0.301 e. The monoisotopic (exact) mass is 352 g/mol. The molecular weight excluding hydrogens is 332 g/mol. The van der Waals surface area contributed by atoms with Crippen LogP contribution in [0.5, 0.6) is 0 Å². The fraction of sp³-hybridized carbons (Fsp3) is 0.389. The molecular formula is C18H20N6O2. The molecule has 8 heteroatoms. The number of rotatable bonds is 4. The third-order valence-electron chi connectivity index (χ3n) is 4.72. The molecule has 0 aromatic carbocycles. The highest BCUT2D eigenvalue weighted by atomic mass is 16.1. The molecule has 0 spiro atoms. The predicted octanol–water partition coefficient (Wildman–Crippen LogP) is 1.67. The van der Waals surface area contributed by atoms with Crippen LogP contribution in [0.4, 0.5) is 5.95 Å². The molecule has 0 saturated heterocycles. The van der Waals surface area contributed by atoms with Crippen LogP contribution < -0.4 is 16.4 Å². The van der Waals surface area contributed by atoms with Gasteiger partial charge in [0.1, 0.15) is 5.52 Å². The van der Waals surface area contributed by atoms with Crippen LogP contribution in [0.25, 0.3) is 11.0 Å². The van der Waals surface area contributed by atoms with Crippen LogP contribution in [-0.2, 0) is 6.54 Å². The Bertz CT molecular complexity index is 1020. The number of nitrogens with zero attached hydrogens (tertiary/aromatic N) is 4. The topological polar surface area (TPSA) is 106 Å². The Kier molecular flexibility index (Phi) is 4.47. The first-order chi connectivity index (χ1) is 12.7. The number of nitrogens with one attached hydrogen (secondary N) is 2. The molecule has 1 saturated carbocycles. The maximum absolute atomic E-state index is 12.7. The van der Waals surface area contributed by atoms with Gasteiger partial charge in [-0.1, -0.05) is 25.3 Å². The Balaban J connectivity index is 1.73. The van der Waals surface area contributed by atoms with Crippen LogP contribution in [0.2, 0.25) is 0 Å². The van der Waals surface area contributed by atoms with Gasteiger partial charge >= 0.3 is 5.56 Å². The number of hydrogen-bond acceptors (Lipinski definition) is 6. The average molecular weight is 352 g/mol. The molecule has 4 rings (SSSR count). The summed E-state index contributed by atoms with van der Waals surface area (Å²) < 4.78 is 1.65. The van der Waals surface area contributed by atoms with Gasteiger partial charge in [0.2, 0.25) is 5.95 Å². The van der Waals surface area contributed by atoms with Crippen molar-refractivity contribution in [3.05, 3.63) is 57.1 Å². The van der Waals surface area contributed by atoms with Gasteiger partial charge < -0.3 is 9.88 Å². The zero-order valence-electron chi connectivity index (χ0n) is 14.3. The van der Waals surface area contributed by atoms with E-state index in [1.165, 1.54) is 12.7 Å². The summed E-state index contributed by atoms with van der Waals surface area (Å²) in [6.45, 7) is 0.405. The normalized spacial score (nSPS) is 15.2. The molecule has 0 bridgehead atoms. The Morgan fingerprint density at radius 3 is 2.85 bits per heavy atom. The van der Waals surface area contributed by atoms with Crippen LogP contribution in [-0.4, -0.2) is 30.5 Å². The lowest BCUT2D eigenvalue weighted by atomic mass is 9.96. The number of hydrogen-bond donors (Lipinski definition) is 2. The first kappa shape index (κ1) is 16.4. The standard InChI is InChI=1S/C18H20N6O2/c25-16-14-15(24(11-20-14)10-12-5-4-8-19-9-12)17(26)23-18(22-16)21-13-6-2-1-3-7-13/h4-5,8-9,11,13H,1-3,6-7,10H2,(H2,21,22,23,25,26). The van der Waals surface area contributed by atoms with E-state index in [0.717, 1.165) is 31.2 Å². The van der Waals surface area contributed by atoms with E-state index >= 15 is 0 Å². The maximum atomic E-state index is 12.7. The highest BCUT2D eigenvalue weighted by Crippen LogP contribution is 2.19. The molecule has 3 heterocycles. The van der Waals surface area contributed by atoms with Gasteiger partial charge in [-0.15, -0.1) is 0 Å². The lowest BCUT2D eigenvalue weighted by molar-refractivity contribution is 0.461. The zero-order chi connectivity index (χ0) is 17.9. The second-order valence-electron chi connectivity index (χ2n) is 6.63. The van der Waals surface area contributed by atoms with Crippen molar-refractivity contribution in [2.24, 2.45) is 0 Å². The van der Waals surface area contributed by atoms with Gasteiger partial charge in [0.15, 0.2) is 5.52 Å². The summed E-state index contributed by atoms with van der Waals surface area (Å²) in [6.07, 6.45) is 10.4. The summed E-state index contributed by atoms with van der Waals surface area (Å²) in [5.41, 5.74) is 0.324. The molecule has 2 N–H and O–H groups in total. The molecule has 0 amide bonds. The van der Waals surface area contributed by atoms with Crippen LogP contribution >= 0.6 is 0 Å². The van der Waals surface area contributed by atoms with E-state index in [2.05, 4.69) is 25.3 Å². The van der Waals surface area contributed by atoms with Gasteiger partial charge in [-0.2, -0.15) is 4.98 Å². The van der Waals surface area contributed by atoms with E-state index in [9.17, 15) is 9.59 Å². The van der Waals surface area contributed by atoms with Crippen LogP contribution in [0.1, 0.15) is 37.7 Å². The van der Waals surface area contributed by atoms with E-state index in [-0.39, 0.29) is 28.6 Å². The number of imidazole rings is 1. The van der Waals surface area contributed by atoms with Crippen LogP contribution in [0, 0.1) is 0 Å². The molecule has 3 aromatic heterocycles. The number of fused-ring (bicyclic) bond motifs is 1. The molecule has 1 fully saturated rings. The summed E-state index contributed by atoms with van der Waals surface area (Å²) in [4.78, 5) is 40.1. The molecule has 26 heavy (non-hydrogen) atoms. The van der Waals surface area contributed by atoms with Gasteiger partial charge in [-0.25, -0.2) is 4.98 Å². The van der Waals surface area contributed by atoms with Crippen molar-refractivity contribution in [3.8, 4) is 0 Å². The van der Waals surface area contributed by atoms with E-state index in [4.69, 9.17) is 0 Å². The quantitative estimate of drug-likeness (QED) is 0.740. The molecule has 134 valence electrons. The lowest BCUT2D eigenvalue weighted by Crippen LogP contribution is -2.25.